The summed E-state index contributed by atoms with van der Waals surface area (Å²) >= 11 is 0. The first-order chi connectivity index (χ1) is 18.7. The van der Waals surface area contributed by atoms with Crippen LogP contribution in [0.15, 0.2) is 18.2 Å². The molecule has 9 heteroatoms. The Morgan fingerprint density at radius 2 is 1.27 bits per heavy atom. The van der Waals surface area contributed by atoms with E-state index in [1.807, 2.05) is 20.8 Å². The van der Waals surface area contributed by atoms with E-state index in [-0.39, 0.29) is 35.7 Å². The Bertz CT molecular complexity index is 1010. The fourth-order valence-corrected chi connectivity index (χ4v) is 3.64. The van der Waals surface area contributed by atoms with Crippen LogP contribution in [0, 0.1) is 17.3 Å². The number of carbonyl (C=O) groups is 4. The molecule has 0 fully saturated rings. The van der Waals surface area contributed by atoms with Gasteiger partial charge in [-0.3, -0.25) is 19.2 Å². The van der Waals surface area contributed by atoms with Crippen molar-refractivity contribution in [2.24, 2.45) is 23.0 Å². The van der Waals surface area contributed by atoms with Gasteiger partial charge >= 0.3 is 23.9 Å². The molecule has 0 spiro atoms. The molecule has 1 aromatic rings. The van der Waals surface area contributed by atoms with Crippen LogP contribution < -0.4 is 15.2 Å². The van der Waals surface area contributed by atoms with E-state index < -0.39 is 41.6 Å². The number of hydrogen-bond acceptors (Lipinski definition) is 9. The Morgan fingerprint density at radius 1 is 0.775 bits per heavy atom. The molecule has 9 nitrogen and oxygen atoms in total. The van der Waals surface area contributed by atoms with E-state index >= 15 is 0 Å². The quantitative estimate of drug-likeness (QED) is 0.203. The average molecular weight is 564 g/mol. The predicted molar refractivity (Wildman–Crippen MR) is 153 cm³/mol. The minimum absolute atomic E-state index is 0.0815. The number of rotatable bonds is 16. The Balaban J connectivity index is 3.01. The summed E-state index contributed by atoms with van der Waals surface area (Å²) in [5.74, 6) is -2.31. The zero-order valence-electron chi connectivity index (χ0n) is 25.7. The van der Waals surface area contributed by atoms with Crippen LogP contribution in [0.4, 0.5) is 0 Å². The van der Waals surface area contributed by atoms with Crippen molar-refractivity contribution in [1.82, 2.24) is 0 Å². The van der Waals surface area contributed by atoms with E-state index in [2.05, 4.69) is 0 Å². The monoisotopic (exact) mass is 563 g/mol. The summed E-state index contributed by atoms with van der Waals surface area (Å²) in [7, 11) is 0. The van der Waals surface area contributed by atoms with Gasteiger partial charge in [0.1, 0.15) is 18.2 Å². The van der Waals surface area contributed by atoms with Gasteiger partial charge in [0.15, 0.2) is 11.5 Å². The maximum absolute atomic E-state index is 12.7. The highest BCUT2D eigenvalue weighted by atomic mass is 16.6. The molecule has 0 saturated heterocycles. The summed E-state index contributed by atoms with van der Waals surface area (Å²) in [6.45, 7) is 16.3. The molecule has 0 aliphatic carbocycles. The maximum atomic E-state index is 12.7. The summed E-state index contributed by atoms with van der Waals surface area (Å²) in [5.41, 5.74) is 6.10. The van der Waals surface area contributed by atoms with Crippen molar-refractivity contribution in [3.8, 4) is 11.5 Å². The first-order valence-electron chi connectivity index (χ1n) is 14.4. The van der Waals surface area contributed by atoms with Gasteiger partial charge in [0, 0.05) is 0 Å². The fraction of sp³-hybridized carbons (Fsp3) is 0.677. The Labute approximate surface area is 239 Å². The second-order valence-electron chi connectivity index (χ2n) is 11.3. The lowest BCUT2D eigenvalue weighted by atomic mass is 9.90. The molecule has 5 atom stereocenters. The van der Waals surface area contributed by atoms with Crippen LogP contribution in [-0.4, -0.2) is 42.1 Å². The minimum Gasteiger partial charge on any atom is -0.458 e. The highest BCUT2D eigenvalue weighted by Crippen LogP contribution is 2.31. The molecule has 0 heterocycles. The normalized spacial score (nSPS) is 15.2. The molecule has 40 heavy (non-hydrogen) atoms. The molecular formula is C31H49NO8. The number of carbonyl (C=O) groups excluding carboxylic acids is 4. The van der Waals surface area contributed by atoms with Gasteiger partial charge in [-0.2, -0.15) is 0 Å². The van der Waals surface area contributed by atoms with Crippen molar-refractivity contribution in [1.29, 1.82) is 0 Å². The van der Waals surface area contributed by atoms with Crippen molar-refractivity contribution in [2.75, 3.05) is 0 Å². The van der Waals surface area contributed by atoms with Crippen molar-refractivity contribution in [3.63, 3.8) is 0 Å². The Morgan fingerprint density at radius 3 is 1.77 bits per heavy atom. The van der Waals surface area contributed by atoms with Crippen molar-refractivity contribution >= 4 is 23.9 Å². The topological polar surface area (TPSA) is 131 Å². The second kappa shape index (κ2) is 16.4. The van der Waals surface area contributed by atoms with Gasteiger partial charge in [-0.05, 0) is 71.1 Å². The van der Waals surface area contributed by atoms with Gasteiger partial charge in [0.2, 0.25) is 0 Å². The molecule has 0 radical (unpaired) electrons. The lowest BCUT2D eigenvalue weighted by molar-refractivity contribution is -0.172. The molecule has 1 rings (SSSR count). The van der Waals surface area contributed by atoms with Gasteiger partial charge in [-0.1, -0.05) is 53.5 Å². The van der Waals surface area contributed by atoms with Crippen LogP contribution >= 0.6 is 0 Å². The third-order valence-electron chi connectivity index (χ3n) is 7.13. The van der Waals surface area contributed by atoms with Crippen LogP contribution in [0.3, 0.4) is 0 Å². The second-order valence-corrected chi connectivity index (χ2v) is 11.3. The molecule has 1 aromatic carbocycles. The number of nitrogens with two attached hydrogens (primary N) is 1. The highest BCUT2D eigenvalue weighted by Gasteiger charge is 2.31. The average Bonchev–Trinajstić information content (AvgIpc) is 2.89. The molecule has 0 saturated carbocycles. The van der Waals surface area contributed by atoms with Crippen molar-refractivity contribution in [3.05, 3.63) is 23.8 Å². The van der Waals surface area contributed by atoms with Crippen LogP contribution in [0.2, 0.25) is 0 Å². The third-order valence-corrected chi connectivity index (χ3v) is 7.13. The molecule has 2 N–H and O–H groups in total. The van der Waals surface area contributed by atoms with Crippen LogP contribution in [0.5, 0.6) is 11.5 Å². The largest absolute Gasteiger partial charge is 0.458 e. The highest BCUT2D eigenvalue weighted by molar-refractivity contribution is 5.79. The summed E-state index contributed by atoms with van der Waals surface area (Å²) in [6, 6.07) is 3.72. The first-order valence-corrected chi connectivity index (χ1v) is 14.4. The van der Waals surface area contributed by atoms with Gasteiger partial charge in [0.05, 0.1) is 17.3 Å². The standard InChI is InChI=1S/C31H49NO8/c1-10-13-19(4)27(33)39-25-16-15-23(18-26(25)40-28(34)20(5)14-11-2)17-24(32)29(35)37-21(6)22(7)38-30(36)31(8,9)12-3/h15-16,18-22,24H,10-14,17,32H2,1-9H3/t19?,20?,21-,22?,24-/m0/s1. The van der Waals surface area contributed by atoms with E-state index in [1.54, 1.807) is 53.7 Å². The first kappa shape index (κ1) is 35.1. The maximum Gasteiger partial charge on any atom is 0.323 e. The number of hydrogen-bond donors (Lipinski definition) is 1. The van der Waals surface area contributed by atoms with Crippen LogP contribution in [-0.2, 0) is 35.1 Å². The van der Waals surface area contributed by atoms with Crippen molar-refractivity contribution in [2.45, 2.75) is 119 Å². The SMILES string of the molecule is CCCC(C)C(=O)Oc1ccc(C[C@H](N)C(=O)O[C@@H](C)C(C)OC(=O)C(C)(C)CC)cc1OC(=O)C(C)CCC. The van der Waals surface area contributed by atoms with E-state index in [1.165, 1.54) is 6.07 Å². The molecule has 226 valence electrons. The van der Waals surface area contributed by atoms with Gasteiger partial charge in [-0.25, -0.2) is 0 Å². The van der Waals surface area contributed by atoms with Gasteiger partial charge in [-0.15, -0.1) is 0 Å². The number of benzene rings is 1. The zero-order chi connectivity index (χ0) is 30.6. The van der Waals surface area contributed by atoms with E-state index in [0.29, 0.717) is 24.8 Å². The Hall–Kier alpha value is -2.94. The lowest BCUT2D eigenvalue weighted by Crippen LogP contribution is -2.40. The smallest absolute Gasteiger partial charge is 0.323 e. The molecule has 0 amide bonds. The lowest BCUT2D eigenvalue weighted by Gasteiger charge is -2.27. The van der Waals surface area contributed by atoms with Gasteiger partial charge in [0.25, 0.3) is 0 Å². The molecule has 0 aromatic heterocycles. The van der Waals surface area contributed by atoms with Crippen LogP contribution in [0.1, 0.15) is 100.0 Å². The van der Waals surface area contributed by atoms with Crippen LogP contribution in [0.25, 0.3) is 0 Å². The molecule has 0 bridgehead atoms. The van der Waals surface area contributed by atoms with E-state index in [4.69, 9.17) is 24.7 Å². The molecule has 0 aliphatic heterocycles. The fourth-order valence-electron chi connectivity index (χ4n) is 3.64. The predicted octanol–water partition coefficient (Wildman–Crippen LogP) is 5.54. The Kier molecular flexibility index (Phi) is 14.3. The molecular weight excluding hydrogens is 514 g/mol. The summed E-state index contributed by atoms with van der Waals surface area (Å²) in [4.78, 5) is 50.3. The van der Waals surface area contributed by atoms with Gasteiger partial charge < -0.3 is 24.7 Å². The van der Waals surface area contributed by atoms with E-state index in [9.17, 15) is 19.2 Å². The minimum atomic E-state index is -1.03. The molecule has 3 unspecified atom stereocenters. The number of ether oxygens (including phenoxy) is 4. The summed E-state index contributed by atoms with van der Waals surface area (Å²) < 4.78 is 22.2. The summed E-state index contributed by atoms with van der Waals surface area (Å²) in [6.07, 6.45) is 2.29. The molecule has 0 aliphatic rings. The number of esters is 4. The summed E-state index contributed by atoms with van der Waals surface area (Å²) in [5, 5.41) is 0. The van der Waals surface area contributed by atoms with E-state index in [0.717, 1.165) is 12.8 Å². The third kappa shape index (κ3) is 10.9. The zero-order valence-corrected chi connectivity index (χ0v) is 25.7. The van der Waals surface area contributed by atoms with Crippen molar-refractivity contribution < 1.29 is 38.1 Å².